The smallest absolute Gasteiger partial charge is 0.310 e. The summed E-state index contributed by atoms with van der Waals surface area (Å²) >= 11 is 0. The van der Waals surface area contributed by atoms with E-state index in [-0.39, 0.29) is 18.5 Å². The molecule has 1 saturated carbocycles. The second-order valence-electron chi connectivity index (χ2n) is 6.08. The first kappa shape index (κ1) is 15.7. The van der Waals surface area contributed by atoms with Crippen molar-refractivity contribution in [2.75, 3.05) is 33.4 Å². The van der Waals surface area contributed by atoms with E-state index >= 15 is 0 Å². The van der Waals surface area contributed by atoms with E-state index in [0.29, 0.717) is 12.1 Å². The molecule has 2 N–H and O–H groups in total. The van der Waals surface area contributed by atoms with Gasteiger partial charge in [-0.3, -0.25) is 9.69 Å². The van der Waals surface area contributed by atoms with E-state index in [4.69, 9.17) is 9.84 Å². The molecule has 1 heterocycles. The Morgan fingerprint density at radius 3 is 2.75 bits per heavy atom. The van der Waals surface area contributed by atoms with Gasteiger partial charge >= 0.3 is 5.97 Å². The molecule has 5 heteroatoms. The van der Waals surface area contributed by atoms with Crippen LogP contribution in [0.25, 0.3) is 0 Å². The number of rotatable bonds is 6. The highest BCUT2D eigenvalue weighted by Crippen LogP contribution is 2.28. The fraction of sp³-hybridized carbons (Fsp3) is 0.933. The molecule has 0 radical (unpaired) electrons. The predicted molar refractivity (Wildman–Crippen MR) is 77.4 cm³/mol. The normalized spacial score (nSPS) is 28.7. The number of aliphatic hydroxyl groups excluding tert-OH is 1. The van der Waals surface area contributed by atoms with Crippen molar-refractivity contribution in [3.63, 3.8) is 0 Å². The Morgan fingerprint density at radius 2 is 2.10 bits per heavy atom. The predicted octanol–water partition coefficient (Wildman–Crippen LogP) is 0.765. The van der Waals surface area contributed by atoms with Crippen LogP contribution in [-0.4, -0.2) is 61.4 Å². The van der Waals surface area contributed by atoms with Crippen LogP contribution >= 0.6 is 0 Å². The van der Waals surface area contributed by atoms with Crippen LogP contribution in [0.2, 0.25) is 0 Å². The van der Waals surface area contributed by atoms with Gasteiger partial charge in [0.1, 0.15) is 0 Å². The molecular formula is C15H28N2O3. The summed E-state index contributed by atoms with van der Waals surface area (Å²) in [6.07, 6.45) is 6.76. The number of carbonyl (C=O) groups excluding carboxylic acids is 1. The van der Waals surface area contributed by atoms with Gasteiger partial charge in [0.25, 0.3) is 0 Å². The lowest BCUT2D eigenvalue weighted by molar-refractivity contribution is -0.148. The number of methoxy groups -OCH3 is 1. The zero-order valence-corrected chi connectivity index (χ0v) is 12.5. The van der Waals surface area contributed by atoms with Gasteiger partial charge in [0, 0.05) is 31.8 Å². The number of nitrogens with one attached hydrogen (secondary N) is 1. The Bertz CT molecular complexity index is 305. The molecular weight excluding hydrogens is 256 g/mol. The van der Waals surface area contributed by atoms with E-state index in [1.807, 2.05) is 0 Å². The molecule has 116 valence electrons. The van der Waals surface area contributed by atoms with Crippen LogP contribution in [0.1, 0.15) is 38.5 Å². The van der Waals surface area contributed by atoms with E-state index in [1.54, 1.807) is 0 Å². The SMILES string of the molecule is COC(=O)C1CC(NCCCO)CN(C2CCCC2)C1. The highest BCUT2D eigenvalue weighted by Gasteiger charge is 2.35. The number of aliphatic hydroxyl groups is 1. The molecule has 0 aromatic rings. The second kappa shape index (κ2) is 7.96. The van der Waals surface area contributed by atoms with Crippen LogP contribution in [0.5, 0.6) is 0 Å². The lowest BCUT2D eigenvalue weighted by atomic mass is 9.92. The molecule has 1 aliphatic heterocycles. The molecule has 0 spiro atoms. The van der Waals surface area contributed by atoms with Crippen LogP contribution in [0, 0.1) is 5.92 Å². The van der Waals surface area contributed by atoms with E-state index in [1.165, 1.54) is 32.8 Å². The summed E-state index contributed by atoms with van der Waals surface area (Å²) in [6, 6.07) is 0.976. The maximum absolute atomic E-state index is 11.9. The van der Waals surface area contributed by atoms with Crippen molar-refractivity contribution < 1.29 is 14.6 Å². The summed E-state index contributed by atoms with van der Waals surface area (Å²) in [5.74, 6) is -0.0948. The summed E-state index contributed by atoms with van der Waals surface area (Å²) in [7, 11) is 1.48. The minimum absolute atomic E-state index is 0.0130. The van der Waals surface area contributed by atoms with Gasteiger partial charge in [0.2, 0.25) is 0 Å². The summed E-state index contributed by atoms with van der Waals surface area (Å²) in [5.41, 5.74) is 0. The topological polar surface area (TPSA) is 61.8 Å². The Hall–Kier alpha value is -0.650. The van der Waals surface area contributed by atoms with E-state index in [9.17, 15) is 4.79 Å². The van der Waals surface area contributed by atoms with Crippen molar-refractivity contribution in [1.29, 1.82) is 0 Å². The molecule has 1 aliphatic carbocycles. The number of carbonyl (C=O) groups is 1. The van der Waals surface area contributed by atoms with Gasteiger partial charge in [-0.2, -0.15) is 0 Å². The fourth-order valence-electron chi connectivity index (χ4n) is 3.57. The first-order valence-corrected chi connectivity index (χ1v) is 7.90. The molecule has 2 unspecified atom stereocenters. The molecule has 0 amide bonds. The minimum Gasteiger partial charge on any atom is -0.469 e. The lowest BCUT2D eigenvalue weighted by Gasteiger charge is -2.40. The van der Waals surface area contributed by atoms with Gasteiger partial charge in [-0.1, -0.05) is 12.8 Å². The van der Waals surface area contributed by atoms with Crippen LogP contribution in [0.4, 0.5) is 0 Å². The number of ether oxygens (including phenoxy) is 1. The van der Waals surface area contributed by atoms with Crippen molar-refractivity contribution in [3.05, 3.63) is 0 Å². The maximum atomic E-state index is 11.9. The van der Waals surface area contributed by atoms with Crippen LogP contribution in [0.3, 0.4) is 0 Å². The van der Waals surface area contributed by atoms with E-state index < -0.39 is 0 Å². The van der Waals surface area contributed by atoms with Gasteiger partial charge in [-0.25, -0.2) is 0 Å². The molecule has 20 heavy (non-hydrogen) atoms. The lowest BCUT2D eigenvalue weighted by Crippen LogP contribution is -2.54. The number of esters is 1. The first-order chi connectivity index (χ1) is 9.74. The summed E-state index contributed by atoms with van der Waals surface area (Å²) in [4.78, 5) is 14.4. The van der Waals surface area contributed by atoms with Crippen LogP contribution in [0.15, 0.2) is 0 Å². The Kier molecular flexibility index (Phi) is 6.26. The number of nitrogens with zero attached hydrogens (tertiary/aromatic N) is 1. The first-order valence-electron chi connectivity index (χ1n) is 7.90. The zero-order chi connectivity index (χ0) is 14.4. The Morgan fingerprint density at radius 1 is 1.35 bits per heavy atom. The monoisotopic (exact) mass is 284 g/mol. The molecule has 2 aliphatic rings. The standard InChI is InChI=1S/C15H28N2O3/c1-20-15(19)12-9-13(16-7-4-8-18)11-17(10-12)14-5-2-3-6-14/h12-14,16,18H,2-11H2,1H3. The number of hydrogen-bond acceptors (Lipinski definition) is 5. The fourth-order valence-corrected chi connectivity index (χ4v) is 3.57. The third-order valence-electron chi connectivity index (χ3n) is 4.62. The Labute approximate surface area is 121 Å². The van der Waals surface area contributed by atoms with Crippen molar-refractivity contribution in [3.8, 4) is 0 Å². The second-order valence-corrected chi connectivity index (χ2v) is 6.08. The van der Waals surface area contributed by atoms with Crippen molar-refractivity contribution >= 4 is 5.97 Å². The van der Waals surface area contributed by atoms with Crippen LogP contribution < -0.4 is 5.32 Å². The highest BCUT2D eigenvalue weighted by molar-refractivity contribution is 5.72. The highest BCUT2D eigenvalue weighted by atomic mass is 16.5. The van der Waals surface area contributed by atoms with Gasteiger partial charge in [0.15, 0.2) is 0 Å². The quantitative estimate of drug-likeness (QED) is 0.557. The molecule has 0 aromatic heterocycles. The van der Waals surface area contributed by atoms with E-state index in [2.05, 4.69) is 10.2 Å². The van der Waals surface area contributed by atoms with E-state index in [0.717, 1.165) is 32.5 Å². The minimum atomic E-state index is -0.0818. The van der Waals surface area contributed by atoms with Crippen LogP contribution in [-0.2, 0) is 9.53 Å². The number of likely N-dealkylation sites (tertiary alicyclic amines) is 1. The van der Waals surface area contributed by atoms with Gasteiger partial charge in [-0.05, 0) is 32.2 Å². The molecule has 2 fully saturated rings. The average Bonchev–Trinajstić information content (AvgIpc) is 3.00. The maximum Gasteiger partial charge on any atom is 0.310 e. The third kappa shape index (κ3) is 4.17. The average molecular weight is 284 g/mol. The molecule has 2 atom stereocenters. The van der Waals surface area contributed by atoms with Gasteiger partial charge < -0.3 is 15.2 Å². The molecule has 5 nitrogen and oxygen atoms in total. The van der Waals surface area contributed by atoms with Gasteiger partial charge in [0.05, 0.1) is 13.0 Å². The van der Waals surface area contributed by atoms with Crippen molar-refractivity contribution in [2.24, 2.45) is 5.92 Å². The zero-order valence-electron chi connectivity index (χ0n) is 12.5. The third-order valence-corrected chi connectivity index (χ3v) is 4.62. The number of hydrogen-bond donors (Lipinski definition) is 2. The summed E-state index contributed by atoms with van der Waals surface area (Å²) < 4.78 is 4.94. The number of piperidine rings is 1. The Balaban J connectivity index is 1.92. The summed E-state index contributed by atoms with van der Waals surface area (Å²) in [6.45, 7) is 2.89. The van der Waals surface area contributed by atoms with Crippen molar-refractivity contribution in [1.82, 2.24) is 10.2 Å². The molecule has 1 saturated heterocycles. The summed E-state index contributed by atoms with van der Waals surface area (Å²) in [5, 5.41) is 12.3. The van der Waals surface area contributed by atoms with Gasteiger partial charge in [-0.15, -0.1) is 0 Å². The molecule has 0 bridgehead atoms. The molecule has 0 aromatic carbocycles. The largest absolute Gasteiger partial charge is 0.469 e. The molecule has 2 rings (SSSR count). The van der Waals surface area contributed by atoms with Crippen molar-refractivity contribution in [2.45, 2.75) is 50.6 Å².